The van der Waals surface area contributed by atoms with Crippen LogP contribution in [-0.4, -0.2) is 32.9 Å². The second kappa shape index (κ2) is 7.33. The minimum Gasteiger partial charge on any atom is -0.504 e. The Labute approximate surface area is 123 Å². The number of carbonyl (C=O) groups excluding carboxylic acids is 1. The molecule has 0 aliphatic rings. The predicted molar refractivity (Wildman–Crippen MR) is 77.4 cm³/mol. The van der Waals surface area contributed by atoms with Crippen LogP contribution in [0.2, 0.25) is 0 Å². The molecule has 0 aliphatic carbocycles. The number of aromatic hydroxyl groups is 2. The molecule has 0 fully saturated rings. The minimum atomic E-state index is -0.935. The Morgan fingerprint density at radius 2 is 1.67 bits per heavy atom. The maximum absolute atomic E-state index is 11.5. The van der Waals surface area contributed by atoms with Crippen LogP contribution in [0, 0.1) is 0 Å². The number of aliphatic carboxylic acids is 1. The van der Waals surface area contributed by atoms with Crippen LogP contribution < -0.4 is 0 Å². The first kappa shape index (κ1) is 18.5. The summed E-state index contributed by atoms with van der Waals surface area (Å²) >= 11 is 0. The van der Waals surface area contributed by atoms with Crippen LogP contribution in [0.3, 0.4) is 0 Å². The van der Waals surface area contributed by atoms with Crippen molar-refractivity contribution < 1.29 is 29.6 Å². The van der Waals surface area contributed by atoms with Crippen molar-refractivity contribution in [1.82, 2.24) is 0 Å². The average molecular weight is 296 g/mol. The number of phenolic OH excluding ortho intramolecular Hbond substituents is 2. The van der Waals surface area contributed by atoms with Crippen molar-refractivity contribution >= 4 is 11.9 Å². The van der Waals surface area contributed by atoms with E-state index >= 15 is 0 Å². The molecule has 0 bridgehead atoms. The summed E-state index contributed by atoms with van der Waals surface area (Å²) in [7, 11) is 0. The SMILES string of the molecule is C=C(C)C(=O)O.CC(C)(C)OC(=O)c1cccc(O)c1O. The second-order valence-electron chi connectivity index (χ2n) is 5.26. The van der Waals surface area contributed by atoms with E-state index in [2.05, 4.69) is 6.58 Å². The van der Waals surface area contributed by atoms with E-state index in [4.69, 9.17) is 9.84 Å². The average Bonchev–Trinajstić information content (AvgIpc) is 2.31. The molecule has 0 unspecified atom stereocenters. The van der Waals surface area contributed by atoms with Crippen LogP contribution in [0.15, 0.2) is 30.4 Å². The van der Waals surface area contributed by atoms with Crippen LogP contribution in [0.4, 0.5) is 0 Å². The smallest absolute Gasteiger partial charge is 0.342 e. The van der Waals surface area contributed by atoms with E-state index in [0.29, 0.717) is 0 Å². The summed E-state index contributed by atoms with van der Waals surface area (Å²) in [5.74, 6) is -2.38. The molecule has 1 aromatic rings. The summed E-state index contributed by atoms with van der Waals surface area (Å²) in [6, 6.07) is 4.15. The van der Waals surface area contributed by atoms with Crippen LogP contribution in [-0.2, 0) is 9.53 Å². The lowest BCUT2D eigenvalue weighted by atomic mass is 10.1. The van der Waals surface area contributed by atoms with Crippen molar-refractivity contribution in [2.45, 2.75) is 33.3 Å². The van der Waals surface area contributed by atoms with Crippen molar-refractivity contribution in [3.63, 3.8) is 0 Å². The topological polar surface area (TPSA) is 104 Å². The summed E-state index contributed by atoms with van der Waals surface area (Å²) < 4.78 is 5.05. The van der Waals surface area contributed by atoms with Crippen LogP contribution in [0.5, 0.6) is 11.5 Å². The van der Waals surface area contributed by atoms with Crippen LogP contribution >= 0.6 is 0 Å². The molecule has 0 aromatic heterocycles. The number of ether oxygens (including phenoxy) is 1. The fourth-order valence-electron chi connectivity index (χ4n) is 1.03. The molecule has 0 spiro atoms. The van der Waals surface area contributed by atoms with Crippen LogP contribution in [0.25, 0.3) is 0 Å². The second-order valence-corrected chi connectivity index (χ2v) is 5.26. The number of phenols is 2. The molecule has 6 nitrogen and oxygen atoms in total. The normalized spacial score (nSPS) is 10.1. The Bertz CT molecular complexity index is 528. The Hall–Kier alpha value is -2.50. The third-order valence-electron chi connectivity index (χ3n) is 2.00. The van der Waals surface area contributed by atoms with Gasteiger partial charge in [-0.3, -0.25) is 0 Å². The molecular weight excluding hydrogens is 276 g/mol. The van der Waals surface area contributed by atoms with E-state index in [-0.39, 0.29) is 16.9 Å². The summed E-state index contributed by atoms with van der Waals surface area (Å²) in [6.45, 7) is 9.78. The molecular formula is C15H20O6. The Kier molecular flexibility index (Phi) is 6.45. The molecule has 1 aromatic carbocycles. The fraction of sp³-hybridized carbons (Fsp3) is 0.333. The molecule has 0 heterocycles. The number of carbonyl (C=O) groups is 2. The van der Waals surface area contributed by atoms with Gasteiger partial charge in [0.25, 0.3) is 0 Å². The molecule has 0 saturated carbocycles. The molecule has 0 saturated heterocycles. The van der Waals surface area contributed by atoms with Gasteiger partial charge in [-0.05, 0) is 39.8 Å². The van der Waals surface area contributed by atoms with Gasteiger partial charge in [-0.2, -0.15) is 0 Å². The number of hydrogen-bond donors (Lipinski definition) is 3. The quantitative estimate of drug-likeness (QED) is 0.440. The number of carboxylic acids is 1. The predicted octanol–water partition coefficient (Wildman–Crippen LogP) is 2.70. The summed E-state index contributed by atoms with van der Waals surface area (Å²) in [5.41, 5.74) is -0.491. The zero-order valence-electron chi connectivity index (χ0n) is 12.5. The number of carboxylic acid groups (broad SMARTS) is 1. The Morgan fingerprint density at radius 3 is 2.05 bits per heavy atom. The lowest BCUT2D eigenvalue weighted by Gasteiger charge is -2.19. The third kappa shape index (κ3) is 7.00. The first-order chi connectivity index (χ1) is 9.45. The highest BCUT2D eigenvalue weighted by atomic mass is 16.6. The van der Waals surface area contributed by atoms with Crippen molar-refractivity contribution in [3.05, 3.63) is 35.9 Å². The molecule has 0 radical (unpaired) electrons. The van der Waals surface area contributed by atoms with Gasteiger partial charge in [-0.15, -0.1) is 0 Å². The van der Waals surface area contributed by atoms with Gasteiger partial charge < -0.3 is 20.1 Å². The molecule has 0 aliphatic heterocycles. The van der Waals surface area contributed by atoms with Gasteiger partial charge in [0.1, 0.15) is 11.2 Å². The summed E-state index contributed by atoms with van der Waals surface area (Å²) in [6.07, 6.45) is 0. The first-order valence-corrected chi connectivity index (χ1v) is 6.08. The highest BCUT2D eigenvalue weighted by molar-refractivity contribution is 5.93. The minimum absolute atomic E-state index is 0.0371. The largest absolute Gasteiger partial charge is 0.504 e. The van der Waals surface area contributed by atoms with Crippen molar-refractivity contribution in [1.29, 1.82) is 0 Å². The van der Waals surface area contributed by atoms with Crippen molar-refractivity contribution in [2.75, 3.05) is 0 Å². The fourth-order valence-corrected chi connectivity index (χ4v) is 1.03. The van der Waals surface area contributed by atoms with Gasteiger partial charge in [0.15, 0.2) is 11.5 Å². The number of rotatable bonds is 2. The molecule has 116 valence electrons. The van der Waals surface area contributed by atoms with Gasteiger partial charge in [-0.1, -0.05) is 12.6 Å². The van der Waals surface area contributed by atoms with E-state index < -0.39 is 23.3 Å². The lowest BCUT2D eigenvalue weighted by molar-refractivity contribution is -0.132. The Morgan fingerprint density at radius 1 is 1.19 bits per heavy atom. The van der Waals surface area contributed by atoms with Gasteiger partial charge in [-0.25, -0.2) is 9.59 Å². The van der Waals surface area contributed by atoms with E-state index in [1.165, 1.54) is 25.1 Å². The zero-order valence-corrected chi connectivity index (χ0v) is 12.5. The van der Waals surface area contributed by atoms with Crippen LogP contribution in [0.1, 0.15) is 38.1 Å². The maximum atomic E-state index is 11.5. The van der Waals surface area contributed by atoms with Gasteiger partial charge in [0.2, 0.25) is 0 Å². The third-order valence-corrected chi connectivity index (χ3v) is 2.00. The monoisotopic (exact) mass is 296 g/mol. The number of hydrogen-bond acceptors (Lipinski definition) is 5. The summed E-state index contributed by atoms with van der Waals surface area (Å²) in [4.78, 5) is 21.1. The van der Waals surface area contributed by atoms with E-state index in [1.54, 1.807) is 20.8 Å². The molecule has 21 heavy (non-hydrogen) atoms. The molecule has 3 N–H and O–H groups in total. The standard InChI is InChI=1S/C11H14O4.C4H6O2/c1-11(2,3)15-10(14)7-5-4-6-8(12)9(7)13;1-3(2)4(5)6/h4-6,12-13H,1-3H3;1H2,2H3,(H,5,6). The van der Waals surface area contributed by atoms with Gasteiger partial charge in [0.05, 0.1) is 0 Å². The van der Waals surface area contributed by atoms with E-state index in [9.17, 15) is 19.8 Å². The van der Waals surface area contributed by atoms with Crippen molar-refractivity contribution in [2.24, 2.45) is 0 Å². The van der Waals surface area contributed by atoms with E-state index in [0.717, 1.165) is 0 Å². The van der Waals surface area contributed by atoms with E-state index in [1.807, 2.05) is 0 Å². The zero-order chi connectivity index (χ0) is 16.8. The molecule has 0 atom stereocenters. The molecule has 1 rings (SSSR count). The summed E-state index contributed by atoms with van der Waals surface area (Å²) in [5, 5.41) is 26.5. The Balaban J connectivity index is 0.000000567. The highest BCUT2D eigenvalue weighted by Gasteiger charge is 2.21. The van der Waals surface area contributed by atoms with Gasteiger partial charge in [0, 0.05) is 5.57 Å². The molecule has 0 amide bonds. The number of benzene rings is 1. The van der Waals surface area contributed by atoms with Gasteiger partial charge >= 0.3 is 11.9 Å². The number of para-hydroxylation sites is 1. The first-order valence-electron chi connectivity index (χ1n) is 6.08. The lowest BCUT2D eigenvalue weighted by Crippen LogP contribution is -2.23. The highest BCUT2D eigenvalue weighted by Crippen LogP contribution is 2.29. The number of esters is 1. The molecule has 6 heteroatoms. The maximum Gasteiger partial charge on any atom is 0.342 e. The van der Waals surface area contributed by atoms with Crippen molar-refractivity contribution in [3.8, 4) is 11.5 Å².